The van der Waals surface area contributed by atoms with Gasteiger partial charge >= 0.3 is 0 Å². The van der Waals surface area contributed by atoms with Crippen LogP contribution in [0.15, 0.2) is 15.5 Å². The van der Waals surface area contributed by atoms with E-state index in [4.69, 9.17) is 10.2 Å². The van der Waals surface area contributed by atoms with Crippen LogP contribution in [0.25, 0.3) is 0 Å². The third-order valence-corrected chi connectivity index (χ3v) is 3.65. The molecule has 1 rings (SSSR count). The lowest BCUT2D eigenvalue weighted by Gasteiger charge is -2.23. The molecule has 0 fully saturated rings. The fourth-order valence-electron chi connectivity index (χ4n) is 1.73. The number of hydrogen-bond donors (Lipinski definition) is 3. The van der Waals surface area contributed by atoms with Crippen molar-refractivity contribution in [2.45, 2.75) is 32.9 Å². The molecular weight excluding hydrogens is 314 g/mol. The van der Waals surface area contributed by atoms with E-state index in [9.17, 15) is 4.79 Å². The van der Waals surface area contributed by atoms with E-state index < -0.39 is 0 Å². The highest BCUT2D eigenvalue weighted by Crippen LogP contribution is 2.20. The summed E-state index contributed by atoms with van der Waals surface area (Å²) in [5.74, 6) is 0.318. The van der Waals surface area contributed by atoms with Crippen molar-refractivity contribution in [3.05, 3.63) is 21.0 Å². The Balaban J connectivity index is 2.95. The fourth-order valence-corrected chi connectivity index (χ4v) is 2.15. The molecule has 0 bridgehead atoms. The van der Waals surface area contributed by atoms with Crippen LogP contribution in [-0.4, -0.2) is 39.2 Å². The van der Waals surface area contributed by atoms with Gasteiger partial charge in [-0.15, -0.1) is 0 Å². The summed E-state index contributed by atoms with van der Waals surface area (Å²) in [7, 11) is 0. The van der Waals surface area contributed by atoms with Crippen LogP contribution < -0.4 is 10.9 Å². The Bertz CT molecular complexity index is 462. The molecule has 1 heterocycles. The molecule has 0 saturated carbocycles. The predicted octanol–water partition coefficient (Wildman–Crippen LogP) is 0.817. The lowest BCUT2D eigenvalue weighted by atomic mass is 10.0. The van der Waals surface area contributed by atoms with Crippen molar-refractivity contribution in [1.29, 1.82) is 0 Å². The molecule has 6 nitrogen and oxygen atoms in total. The highest BCUT2D eigenvalue weighted by molar-refractivity contribution is 9.10. The number of nitrogens with zero attached hydrogens (tertiary/aromatic N) is 2. The Labute approximate surface area is 120 Å². The van der Waals surface area contributed by atoms with E-state index in [1.807, 2.05) is 13.8 Å². The molecule has 0 aliphatic rings. The average molecular weight is 334 g/mol. The van der Waals surface area contributed by atoms with Crippen LogP contribution in [0.3, 0.4) is 0 Å². The van der Waals surface area contributed by atoms with Gasteiger partial charge in [0.05, 0.1) is 25.0 Å². The Kier molecular flexibility index (Phi) is 6.47. The molecule has 0 aromatic carbocycles. The molecule has 1 aromatic heterocycles. The molecular formula is C12H20BrN3O3. The minimum absolute atomic E-state index is 0.0659. The maximum absolute atomic E-state index is 11.9. The van der Waals surface area contributed by atoms with Gasteiger partial charge in [0.25, 0.3) is 5.56 Å². The van der Waals surface area contributed by atoms with Gasteiger partial charge in [-0.3, -0.25) is 4.79 Å². The number of aliphatic hydroxyl groups excluding tert-OH is 2. The van der Waals surface area contributed by atoms with E-state index in [2.05, 4.69) is 26.3 Å². The molecule has 0 spiro atoms. The van der Waals surface area contributed by atoms with E-state index in [0.29, 0.717) is 22.5 Å². The molecule has 19 heavy (non-hydrogen) atoms. The van der Waals surface area contributed by atoms with E-state index in [-0.39, 0.29) is 31.4 Å². The summed E-state index contributed by atoms with van der Waals surface area (Å²) < 4.78 is 1.59. The van der Waals surface area contributed by atoms with Crippen LogP contribution in [0.4, 0.5) is 5.69 Å². The van der Waals surface area contributed by atoms with Crippen LogP contribution in [-0.2, 0) is 6.54 Å². The first-order valence-corrected chi connectivity index (χ1v) is 7.04. The molecule has 0 aliphatic carbocycles. The van der Waals surface area contributed by atoms with Gasteiger partial charge in [-0.1, -0.05) is 13.8 Å². The molecule has 1 unspecified atom stereocenters. The van der Waals surface area contributed by atoms with Crippen LogP contribution in [0, 0.1) is 5.92 Å². The van der Waals surface area contributed by atoms with Gasteiger partial charge in [0.2, 0.25) is 0 Å². The molecule has 108 valence electrons. The summed E-state index contributed by atoms with van der Waals surface area (Å²) in [5.41, 5.74) is 0.317. The summed E-state index contributed by atoms with van der Waals surface area (Å²) in [5, 5.41) is 25.1. The van der Waals surface area contributed by atoms with Gasteiger partial charge in [0, 0.05) is 12.6 Å². The number of nitrogens with one attached hydrogen (secondary N) is 1. The van der Waals surface area contributed by atoms with Gasteiger partial charge in [0.1, 0.15) is 4.47 Å². The third kappa shape index (κ3) is 4.29. The zero-order valence-corrected chi connectivity index (χ0v) is 12.7. The SMILES string of the molecule is CC(C)C(CCO)Nc1cnn(CCO)c(=O)c1Br. The second-order valence-electron chi connectivity index (χ2n) is 4.63. The van der Waals surface area contributed by atoms with Crippen LogP contribution in [0.5, 0.6) is 0 Å². The summed E-state index contributed by atoms with van der Waals surface area (Å²) in [4.78, 5) is 11.9. The normalized spacial score (nSPS) is 12.7. The van der Waals surface area contributed by atoms with E-state index in [1.54, 1.807) is 6.20 Å². The maximum atomic E-state index is 11.9. The minimum atomic E-state index is -0.287. The molecule has 0 amide bonds. The lowest BCUT2D eigenvalue weighted by Crippen LogP contribution is -2.30. The van der Waals surface area contributed by atoms with Crippen molar-refractivity contribution in [1.82, 2.24) is 9.78 Å². The first-order chi connectivity index (χ1) is 9.01. The number of rotatable bonds is 7. The predicted molar refractivity (Wildman–Crippen MR) is 77.2 cm³/mol. The smallest absolute Gasteiger partial charge is 0.283 e. The number of halogens is 1. The standard InChI is InChI=1S/C12H20BrN3O3/c1-8(2)9(3-5-17)15-10-7-14-16(4-6-18)12(19)11(10)13/h7-9,15,17-18H,3-6H2,1-2H3. The Morgan fingerprint density at radius 1 is 1.42 bits per heavy atom. The summed E-state index contributed by atoms with van der Waals surface area (Å²) in [6.07, 6.45) is 2.15. The van der Waals surface area contributed by atoms with Gasteiger partial charge < -0.3 is 15.5 Å². The van der Waals surface area contributed by atoms with Crippen LogP contribution in [0.2, 0.25) is 0 Å². The summed E-state index contributed by atoms with van der Waals surface area (Å²) in [6.45, 7) is 4.21. The first kappa shape index (κ1) is 16.1. The van der Waals surface area contributed by atoms with E-state index in [1.165, 1.54) is 4.68 Å². The number of aromatic nitrogens is 2. The molecule has 1 atom stereocenters. The van der Waals surface area contributed by atoms with Crippen molar-refractivity contribution < 1.29 is 10.2 Å². The van der Waals surface area contributed by atoms with Crippen molar-refractivity contribution in [3.8, 4) is 0 Å². The molecule has 0 aliphatic heterocycles. The van der Waals surface area contributed by atoms with Crippen LogP contribution in [0.1, 0.15) is 20.3 Å². The topological polar surface area (TPSA) is 87.4 Å². The maximum Gasteiger partial charge on any atom is 0.283 e. The fraction of sp³-hybridized carbons (Fsp3) is 0.667. The van der Waals surface area contributed by atoms with Gasteiger partial charge in [-0.2, -0.15) is 5.10 Å². The molecule has 7 heteroatoms. The highest BCUT2D eigenvalue weighted by Gasteiger charge is 2.16. The number of aliphatic hydroxyl groups is 2. The minimum Gasteiger partial charge on any atom is -0.396 e. The highest BCUT2D eigenvalue weighted by atomic mass is 79.9. The second-order valence-corrected chi connectivity index (χ2v) is 5.42. The Morgan fingerprint density at radius 2 is 2.11 bits per heavy atom. The monoisotopic (exact) mass is 333 g/mol. The number of hydrogen-bond acceptors (Lipinski definition) is 5. The zero-order chi connectivity index (χ0) is 14.4. The molecule has 3 N–H and O–H groups in total. The number of anilines is 1. The van der Waals surface area contributed by atoms with E-state index >= 15 is 0 Å². The summed E-state index contributed by atoms with van der Waals surface area (Å²) >= 11 is 3.25. The van der Waals surface area contributed by atoms with Crippen LogP contribution >= 0.6 is 15.9 Å². The zero-order valence-electron chi connectivity index (χ0n) is 11.1. The molecule has 0 saturated heterocycles. The Hall–Kier alpha value is -0.920. The van der Waals surface area contributed by atoms with Crippen molar-refractivity contribution in [2.24, 2.45) is 5.92 Å². The van der Waals surface area contributed by atoms with Crippen molar-refractivity contribution in [2.75, 3.05) is 18.5 Å². The molecule has 1 aromatic rings. The Morgan fingerprint density at radius 3 is 2.63 bits per heavy atom. The lowest BCUT2D eigenvalue weighted by molar-refractivity contribution is 0.265. The second kappa shape index (κ2) is 7.62. The average Bonchev–Trinajstić information content (AvgIpc) is 2.37. The van der Waals surface area contributed by atoms with Gasteiger partial charge in [0.15, 0.2) is 0 Å². The molecule has 0 radical (unpaired) electrons. The van der Waals surface area contributed by atoms with Crippen molar-refractivity contribution >= 4 is 21.6 Å². The quantitative estimate of drug-likeness (QED) is 0.687. The third-order valence-electron chi connectivity index (χ3n) is 2.88. The van der Waals surface area contributed by atoms with Gasteiger partial charge in [-0.05, 0) is 28.3 Å². The van der Waals surface area contributed by atoms with E-state index in [0.717, 1.165) is 0 Å². The first-order valence-electron chi connectivity index (χ1n) is 6.25. The summed E-state index contributed by atoms with van der Waals surface area (Å²) in [6, 6.07) is 0.0659. The van der Waals surface area contributed by atoms with Crippen molar-refractivity contribution in [3.63, 3.8) is 0 Å². The van der Waals surface area contributed by atoms with Gasteiger partial charge in [-0.25, -0.2) is 4.68 Å². The largest absolute Gasteiger partial charge is 0.396 e.